The Hall–Kier alpha value is -3.39. The molecule has 8 heteroatoms. The number of unbranched alkanes of at least 4 members (excludes halogenated alkanes) is 1. The molecule has 0 heterocycles. The molecule has 2 aromatic carbocycles. The van der Waals surface area contributed by atoms with Crippen molar-refractivity contribution in [3.63, 3.8) is 0 Å². The first kappa shape index (κ1) is 26.2. The van der Waals surface area contributed by atoms with Gasteiger partial charge in [0.15, 0.2) is 0 Å². The number of ether oxygens (including phenoxy) is 2. The van der Waals surface area contributed by atoms with Crippen LogP contribution in [0, 0.1) is 0 Å². The highest BCUT2D eigenvalue weighted by Crippen LogP contribution is 2.44. The van der Waals surface area contributed by atoms with Gasteiger partial charge < -0.3 is 25.2 Å². The van der Waals surface area contributed by atoms with E-state index in [1.807, 2.05) is 43.3 Å². The zero-order chi connectivity index (χ0) is 25.4. The van der Waals surface area contributed by atoms with Gasteiger partial charge in [-0.05, 0) is 35.6 Å². The maximum Gasteiger partial charge on any atom is 0.408 e. The molecule has 1 unspecified atom stereocenters. The SMILES string of the molecule is CCCC[C@H](CC(=O)O)NC(=O)C(C)(COC)NC(=O)OCC1c2ccccc2-c2ccccc21. The number of hydrogen-bond acceptors (Lipinski definition) is 5. The van der Waals surface area contributed by atoms with E-state index in [0.29, 0.717) is 6.42 Å². The summed E-state index contributed by atoms with van der Waals surface area (Å²) < 4.78 is 10.8. The average Bonchev–Trinajstić information content (AvgIpc) is 3.14. The summed E-state index contributed by atoms with van der Waals surface area (Å²) in [5, 5.41) is 14.6. The number of aliphatic carboxylic acids is 1. The maximum atomic E-state index is 13.1. The fraction of sp³-hybridized carbons (Fsp3) is 0.444. The molecule has 0 radical (unpaired) electrons. The zero-order valence-corrected chi connectivity index (χ0v) is 20.5. The van der Waals surface area contributed by atoms with Gasteiger partial charge in [0.1, 0.15) is 12.1 Å². The highest BCUT2D eigenvalue weighted by molar-refractivity contribution is 5.90. The van der Waals surface area contributed by atoms with Crippen LogP contribution in [0.2, 0.25) is 0 Å². The summed E-state index contributed by atoms with van der Waals surface area (Å²) in [6, 6.07) is 15.5. The molecule has 8 nitrogen and oxygen atoms in total. The lowest BCUT2D eigenvalue weighted by atomic mass is 9.98. The van der Waals surface area contributed by atoms with Gasteiger partial charge in [-0.2, -0.15) is 0 Å². The molecule has 188 valence electrons. The second-order valence-corrected chi connectivity index (χ2v) is 9.13. The Balaban J connectivity index is 1.67. The number of rotatable bonds is 12. The number of carboxylic acid groups (broad SMARTS) is 1. The second kappa shape index (κ2) is 11.8. The van der Waals surface area contributed by atoms with Crippen molar-refractivity contribution >= 4 is 18.0 Å². The van der Waals surface area contributed by atoms with E-state index in [2.05, 4.69) is 22.8 Å². The summed E-state index contributed by atoms with van der Waals surface area (Å²) >= 11 is 0. The van der Waals surface area contributed by atoms with Crippen molar-refractivity contribution in [2.24, 2.45) is 0 Å². The summed E-state index contributed by atoms with van der Waals surface area (Å²) in [6.45, 7) is 3.54. The third-order valence-electron chi connectivity index (χ3n) is 6.32. The molecule has 3 rings (SSSR count). The molecule has 0 spiro atoms. The van der Waals surface area contributed by atoms with Gasteiger partial charge in [-0.1, -0.05) is 68.3 Å². The van der Waals surface area contributed by atoms with Gasteiger partial charge in [0.2, 0.25) is 5.91 Å². The van der Waals surface area contributed by atoms with Gasteiger partial charge in [-0.25, -0.2) is 4.79 Å². The lowest BCUT2D eigenvalue weighted by Gasteiger charge is -2.30. The fourth-order valence-electron chi connectivity index (χ4n) is 4.54. The number of methoxy groups -OCH3 is 1. The standard InChI is InChI=1S/C27H34N2O6/c1-4-5-10-18(15-24(30)31)28-25(32)27(2,17-34-3)29-26(33)35-16-23-21-13-8-6-11-19(21)20-12-7-9-14-22(20)23/h6-9,11-14,18,23H,4-5,10,15-17H2,1-3H3,(H,28,32)(H,29,33)(H,30,31)/t18-,27?/m1/s1. The minimum absolute atomic E-state index is 0.101. The van der Waals surface area contributed by atoms with Gasteiger partial charge in [0.05, 0.1) is 13.0 Å². The predicted molar refractivity (Wildman–Crippen MR) is 132 cm³/mol. The summed E-state index contributed by atoms with van der Waals surface area (Å²) in [7, 11) is 1.43. The monoisotopic (exact) mass is 482 g/mol. The number of carbonyl (C=O) groups is 3. The highest BCUT2D eigenvalue weighted by Gasteiger charge is 2.37. The number of nitrogens with one attached hydrogen (secondary N) is 2. The number of amides is 2. The van der Waals surface area contributed by atoms with Crippen LogP contribution in [0.3, 0.4) is 0 Å². The summed E-state index contributed by atoms with van der Waals surface area (Å²) in [6.07, 6.45) is 1.24. The number of fused-ring (bicyclic) bond motifs is 3. The lowest BCUT2D eigenvalue weighted by Crippen LogP contribution is -2.61. The van der Waals surface area contributed by atoms with Gasteiger partial charge in [0.25, 0.3) is 0 Å². The number of hydrogen-bond donors (Lipinski definition) is 3. The molecule has 1 aliphatic carbocycles. The van der Waals surface area contributed by atoms with Crippen LogP contribution in [0.4, 0.5) is 4.79 Å². The van der Waals surface area contributed by atoms with Crippen LogP contribution in [-0.2, 0) is 19.1 Å². The van der Waals surface area contributed by atoms with Crippen LogP contribution in [0.1, 0.15) is 56.6 Å². The van der Waals surface area contributed by atoms with Crippen molar-refractivity contribution in [3.05, 3.63) is 59.7 Å². The van der Waals surface area contributed by atoms with Gasteiger partial charge in [-0.15, -0.1) is 0 Å². The fourth-order valence-corrected chi connectivity index (χ4v) is 4.54. The quantitative estimate of drug-likeness (QED) is 0.420. The molecule has 0 fully saturated rings. The van der Waals surface area contributed by atoms with E-state index in [9.17, 15) is 19.5 Å². The van der Waals surface area contributed by atoms with Crippen LogP contribution in [0.25, 0.3) is 11.1 Å². The number of carbonyl (C=O) groups excluding carboxylic acids is 2. The average molecular weight is 483 g/mol. The van der Waals surface area contributed by atoms with Crippen molar-refractivity contribution in [1.29, 1.82) is 0 Å². The lowest BCUT2D eigenvalue weighted by molar-refractivity contribution is -0.138. The van der Waals surface area contributed by atoms with Crippen molar-refractivity contribution in [3.8, 4) is 11.1 Å². The molecule has 0 saturated carbocycles. The van der Waals surface area contributed by atoms with E-state index in [4.69, 9.17) is 9.47 Å². The summed E-state index contributed by atoms with van der Waals surface area (Å²) in [4.78, 5) is 37.1. The molecule has 2 aromatic rings. The zero-order valence-electron chi connectivity index (χ0n) is 20.5. The summed E-state index contributed by atoms with van der Waals surface area (Å²) in [5.74, 6) is -1.62. The second-order valence-electron chi connectivity index (χ2n) is 9.13. The van der Waals surface area contributed by atoms with Crippen LogP contribution < -0.4 is 10.6 Å². The topological polar surface area (TPSA) is 114 Å². The van der Waals surface area contributed by atoms with Gasteiger partial charge in [0, 0.05) is 19.1 Å². The van der Waals surface area contributed by atoms with Crippen molar-refractivity contribution < 1.29 is 29.0 Å². The van der Waals surface area contributed by atoms with Crippen LogP contribution in [-0.4, -0.2) is 55.0 Å². The number of alkyl carbamates (subject to hydrolysis) is 1. The molecule has 2 atom stereocenters. The van der Waals surface area contributed by atoms with E-state index in [-0.39, 0.29) is 25.6 Å². The van der Waals surface area contributed by atoms with Crippen molar-refractivity contribution in [2.75, 3.05) is 20.3 Å². The molecule has 0 aromatic heterocycles. The normalized spacial score (nSPS) is 14.8. The van der Waals surface area contributed by atoms with E-state index in [1.54, 1.807) is 0 Å². The minimum Gasteiger partial charge on any atom is -0.481 e. The predicted octanol–water partition coefficient (Wildman–Crippen LogP) is 4.08. The molecule has 2 amide bonds. The third-order valence-corrected chi connectivity index (χ3v) is 6.32. The van der Waals surface area contributed by atoms with Crippen LogP contribution >= 0.6 is 0 Å². The smallest absolute Gasteiger partial charge is 0.408 e. The maximum absolute atomic E-state index is 13.1. The molecule has 0 bridgehead atoms. The summed E-state index contributed by atoms with van der Waals surface area (Å²) in [5.41, 5.74) is 2.99. The van der Waals surface area contributed by atoms with E-state index in [0.717, 1.165) is 35.1 Å². The molecule has 0 saturated heterocycles. The Labute approximate surface area is 206 Å². The van der Waals surface area contributed by atoms with E-state index < -0.39 is 29.6 Å². The Morgan fingerprint density at radius 2 is 1.66 bits per heavy atom. The van der Waals surface area contributed by atoms with E-state index >= 15 is 0 Å². The molecular formula is C27H34N2O6. The molecule has 1 aliphatic rings. The Morgan fingerprint density at radius 3 is 2.20 bits per heavy atom. The van der Waals surface area contributed by atoms with Gasteiger partial charge in [-0.3, -0.25) is 9.59 Å². The Morgan fingerprint density at radius 1 is 1.06 bits per heavy atom. The third kappa shape index (κ3) is 6.39. The van der Waals surface area contributed by atoms with Crippen molar-refractivity contribution in [1.82, 2.24) is 10.6 Å². The first-order chi connectivity index (χ1) is 16.8. The van der Waals surface area contributed by atoms with Gasteiger partial charge >= 0.3 is 12.1 Å². The minimum atomic E-state index is -1.43. The number of carboxylic acids is 1. The molecule has 0 aliphatic heterocycles. The van der Waals surface area contributed by atoms with Crippen molar-refractivity contribution in [2.45, 2.75) is 57.0 Å². The van der Waals surface area contributed by atoms with Crippen LogP contribution in [0.5, 0.6) is 0 Å². The molecule has 35 heavy (non-hydrogen) atoms. The Kier molecular flexibility index (Phi) is 8.87. The first-order valence-corrected chi connectivity index (χ1v) is 11.9. The number of benzene rings is 2. The Bertz CT molecular complexity index is 1010. The van der Waals surface area contributed by atoms with Crippen LogP contribution in [0.15, 0.2) is 48.5 Å². The largest absolute Gasteiger partial charge is 0.481 e. The molecular weight excluding hydrogens is 448 g/mol. The van der Waals surface area contributed by atoms with E-state index in [1.165, 1.54) is 14.0 Å². The highest BCUT2D eigenvalue weighted by atomic mass is 16.5. The molecule has 3 N–H and O–H groups in total. The first-order valence-electron chi connectivity index (χ1n) is 11.9.